The standard InChI is InChI=1S/C32H32N6O2/c1-40-28-12-22(32(39)37-17-23-8-21-11-26(37)29(21)23)9-24-30(28)38(16-19-13-33-34-14-19)31(35-24)27-10-20-4-2-3-5-25(20)36(27)15-18-6-7-18/h2-5,9-10,12-14,18,21,23,26,29H,6-8,11,15-17H2,1H3,(H,33,34)/t21?,23?,26?,29-/m1/s1. The van der Waals surface area contributed by atoms with Gasteiger partial charge in [0.2, 0.25) is 0 Å². The number of H-pyrrole nitrogens is 1. The summed E-state index contributed by atoms with van der Waals surface area (Å²) in [5, 5.41) is 8.36. The topological polar surface area (TPSA) is 81.0 Å². The van der Waals surface area contributed by atoms with Crippen molar-refractivity contribution in [3.05, 3.63) is 66.0 Å². The number of amides is 1. The predicted molar refractivity (Wildman–Crippen MR) is 152 cm³/mol. The number of ether oxygens (including phenoxy) is 1. The zero-order valence-corrected chi connectivity index (χ0v) is 22.6. The van der Waals surface area contributed by atoms with E-state index in [1.807, 2.05) is 24.5 Å². The van der Waals surface area contributed by atoms with Gasteiger partial charge in [-0.3, -0.25) is 9.89 Å². The highest BCUT2D eigenvalue weighted by Gasteiger charge is 2.61. The molecular weight excluding hydrogens is 500 g/mol. The number of hydrogen-bond donors (Lipinski definition) is 1. The highest BCUT2D eigenvalue weighted by atomic mass is 16.5. The maximum atomic E-state index is 13.8. The van der Waals surface area contributed by atoms with Crippen LogP contribution in [0, 0.1) is 23.7 Å². The predicted octanol–water partition coefficient (Wildman–Crippen LogP) is 5.33. The largest absolute Gasteiger partial charge is 0.494 e. The Morgan fingerprint density at radius 3 is 2.77 bits per heavy atom. The molecule has 8 heteroatoms. The van der Waals surface area contributed by atoms with Crippen LogP contribution >= 0.6 is 0 Å². The molecule has 5 aromatic rings. The summed E-state index contributed by atoms with van der Waals surface area (Å²) in [6.45, 7) is 2.47. The number of rotatable bonds is 7. The first kappa shape index (κ1) is 22.7. The van der Waals surface area contributed by atoms with Crippen LogP contribution in [0.4, 0.5) is 0 Å². The maximum Gasteiger partial charge on any atom is 0.254 e. The fraction of sp³-hybridized carbons (Fsp3) is 0.406. The second kappa shape index (κ2) is 8.22. The van der Waals surface area contributed by atoms with E-state index in [0.717, 1.165) is 53.0 Å². The molecule has 202 valence electrons. The van der Waals surface area contributed by atoms with Gasteiger partial charge in [-0.05, 0) is 73.6 Å². The van der Waals surface area contributed by atoms with E-state index in [0.29, 0.717) is 35.7 Å². The number of methoxy groups -OCH3 is 1. The van der Waals surface area contributed by atoms with E-state index in [9.17, 15) is 4.79 Å². The first-order valence-electron chi connectivity index (χ1n) is 14.6. The second-order valence-electron chi connectivity index (χ2n) is 12.4. The molecule has 2 aromatic carbocycles. The second-order valence-corrected chi connectivity index (χ2v) is 12.4. The molecule has 4 fully saturated rings. The Hall–Kier alpha value is -4.07. The van der Waals surface area contributed by atoms with Crippen LogP contribution in [0.2, 0.25) is 0 Å². The third-order valence-corrected chi connectivity index (χ3v) is 10.1. The van der Waals surface area contributed by atoms with Crippen LogP contribution in [0.1, 0.15) is 41.6 Å². The number of nitrogens with zero attached hydrogens (tertiary/aromatic N) is 5. The number of aromatic nitrogens is 5. The molecule has 0 radical (unpaired) electrons. The van der Waals surface area contributed by atoms with Gasteiger partial charge in [-0.2, -0.15) is 5.10 Å². The number of carbonyl (C=O) groups is 1. The first-order chi connectivity index (χ1) is 19.7. The van der Waals surface area contributed by atoms with Crippen molar-refractivity contribution in [3.8, 4) is 17.3 Å². The minimum atomic E-state index is 0.117. The van der Waals surface area contributed by atoms with Gasteiger partial charge in [-0.15, -0.1) is 0 Å². The molecule has 3 unspecified atom stereocenters. The lowest BCUT2D eigenvalue weighted by Crippen LogP contribution is -2.53. The van der Waals surface area contributed by atoms with E-state index in [2.05, 4.69) is 54.6 Å². The monoisotopic (exact) mass is 532 g/mol. The van der Waals surface area contributed by atoms with Gasteiger partial charge in [0.05, 0.1) is 31.1 Å². The lowest BCUT2D eigenvalue weighted by Gasteiger charge is -2.52. The van der Waals surface area contributed by atoms with Crippen LogP contribution in [0.25, 0.3) is 33.5 Å². The Bertz CT molecular complexity index is 1800. The third kappa shape index (κ3) is 3.22. The number of nitrogens with one attached hydrogen (secondary N) is 1. The SMILES string of the molecule is COc1cc(C(=O)N2CC3CC4CC2[C@H]43)cc2nc(-c3cc4ccccc4n3CC3CC3)n(Cc3cn[nH]c3)c12. The highest BCUT2D eigenvalue weighted by Crippen LogP contribution is 2.60. The molecule has 3 aromatic heterocycles. The number of carbonyl (C=O) groups excluding carboxylic acids is 1. The molecule has 4 aliphatic rings. The first-order valence-corrected chi connectivity index (χ1v) is 14.6. The molecule has 1 N–H and O–H groups in total. The van der Waals surface area contributed by atoms with E-state index in [1.165, 1.54) is 36.6 Å². The van der Waals surface area contributed by atoms with E-state index >= 15 is 0 Å². The molecule has 1 aliphatic heterocycles. The molecule has 0 spiro atoms. The minimum absolute atomic E-state index is 0.117. The molecule has 0 bridgehead atoms. The normalized spacial score (nSPS) is 24.8. The van der Waals surface area contributed by atoms with Crippen LogP contribution in [-0.4, -0.2) is 54.8 Å². The van der Waals surface area contributed by atoms with E-state index < -0.39 is 0 Å². The van der Waals surface area contributed by atoms with E-state index in [1.54, 1.807) is 7.11 Å². The average Bonchev–Trinajstić information content (AvgIpc) is 3.29. The fourth-order valence-electron chi connectivity index (χ4n) is 7.92. The van der Waals surface area contributed by atoms with Crippen molar-refractivity contribution in [2.45, 2.75) is 44.8 Å². The lowest BCUT2D eigenvalue weighted by molar-refractivity contribution is -0.0204. The quantitative estimate of drug-likeness (QED) is 0.307. The number of aromatic amines is 1. The molecule has 1 amide bonds. The van der Waals surface area contributed by atoms with Crippen LogP contribution < -0.4 is 4.74 Å². The summed E-state index contributed by atoms with van der Waals surface area (Å²) in [6.07, 6.45) is 8.79. The zero-order chi connectivity index (χ0) is 26.5. The van der Waals surface area contributed by atoms with Crippen molar-refractivity contribution in [1.82, 2.24) is 29.2 Å². The highest BCUT2D eigenvalue weighted by molar-refractivity contribution is 6.00. The van der Waals surface area contributed by atoms with Crippen molar-refractivity contribution >= 4 is 27.8 Å². The third-order valence-electron chi connectivity index (χ3n) is 10.1. The molecular formula is C32H32N6O2. The van der Waals surface area contributed by atoms with Gasteiger partial charge in [0.15, 0.2) is 5.82 Å². The Balaban J connectivity index is 1.22. The van der Waals surface area contributed by atoms with Gasteiger partial charge in [-0.25, -0.2) is 4.98 Å². The molecule has 4 atom stereocenters. The molecule has 8 nitrogen and oxygen atoms in total. The van der Waals surface area contributed by atoms with Gasteiger partial charge in [0, 0.05) is 47.4 Å². The number of likely N-dealkylation sites (tertiary alicyclic amines) is 1. The fourth-order valence-corrected chi connectivity index (χ4v) is 7.92. The Labute approximate surface area is 231 Å². The molecule has 3 aliphatic carbocycles. The smallest absolute Gasteiger partial charge is 0.254 e. The van der Waals surface area contributed by atoms with Gasteiger partial charge < -0.3 is 18.8 Å². The molecule has 9 rings (SSSR count). The number of imidazole rings is 1. The summed E-state index contributed by atoms with van der Waals surface area (Å²) >= 11 is 0. The van der Waals surface area contributed by atoms with Gasteiger partial charge in [0.1, 0.15) is 11.3 Å². The lowest BCUT2D eigenvalue weighted by atomic mass is 9.53. The van der Waals surface area contributed by atoms with Gasteiger partial charge in [-0.1, -0.05) is 18.2 Å². The Morgan fingerprint density at radius 1 is 1.10 bits per heavy atom. The summed E-state index contributed by atoms with van der Waals surface area (Å²) in [7, 11) is 1.69. The summed E-state index contributed by atoms with van der Waals surface area (Å²) in [6, 6.07) is 15.2. The molecule has 4 heterocycles. The number of benzene rings is 2. The molecule has 1 saturated heterocycles. The van der Waals surface area contributed by atoms with Crippen molar-refractivity contribution < 1.29 is 9.53 Å². The van der Waals surface area contributed by atoms with Crippen LogP contribution in [0.3, 0.4) is 0 Å². The van der Waals surface area contributed by atoms with E-state index in [-0.39, 0.29) is 5.91 Å². The zero-order valence-electron chi connectivity index (χ0n) is 22.6. The van der Waals surface area contributed by atoms with Crippen molar-refractivity contribution in [2.24, 2.45) is 23.7 Å². The van der Waals surface area contributed by atoms with Crippen LogP contribution in [-0.2, 0) is 13.1 Å². The van der Waals surface area contributed by atoms with Crippen LogP contribution in [0.15, 0.2) is 54.9 Å². The summed E-state index contributed by atoms with van der Waals surface area (Å²) in [5.41, 5.74) is 5.75. The van der Waals surface area contributed by atoms with Crippen molar-refractivity contribution in [1.29, 1.82) is 0 Å². The average molecular weight is 533 g/mol. The summed E-state index contributed by atoms with van der Waals surface area (Å²) in [5.74, 6) is 4.69. The van der Waals surface area contributed by atoms with Crippen molar-refractivity contribution in [3.63, 3.8) is 0 Å². The number of para-hydroxylation sites is 1. The number of hydrogen-bond acceptors (Lipinski definition) is 4. The molecule has 40 heavy (non-hydrogen) atoms. The van der Waals surface area contributed by atoms with Crippen molar-refractivity contribution in [2.75, 3.05) is 13.7 Å². The minimum Gasteiger partial charge on any atom is -0.494 e. The van der Waals surface area contributed by atoms with Gasteiger partial charge >= 0.3 is 0 Å². The van der Waals surface area contributed by atoms with Gasteiger partial charge in [0.25, 0.3) is 5.91 Å². The van der Waals surface area contributed by atoms with Crippen LogP contribution in [0.5, 0.6) is 5.75 Å². The Kier molecular flexibility index (Phi) is 4.67. The summed E-state index contributed by atoms with van der Waals surface area (Å²) < 4.78 is 10.7. The summed E-state index contributed by atoms with van der Waals surface area (Å²) in [4.78, 5) is 21.2. The molecule has 3 saturated carbocycles. The maximum absolute atomic E-state index is 13.8. The number of fused-ring (bicyclic) bond motifs is 2. The Morgan fingerprint density at radius 2 is 2.00 bits per heavy atom. The van der Waals surface area contributed by atoms with E-state index in [4.69, 9.17) is 9.72 Å².